The molecule has 11 heteroatoms. The molecular weight excluding hydrogens is 470 g/mol. The molecule has 0 radical (unpaired) electrons. The number of amides is 1. The summed E-state index contributed by atoms with van der Waals surface area (Å²) < 4.78 is 38.3. The van der Waals surface area contributed by atoms with E-state index in [4.69, 9.17) is 9.26 Å². The summed E-state index contributed by atoms with van der Waals surface area (Å²) in [7, 11) is -3.69. The van der Waals surface area contributed by atoms with Gasteiger partial charge in [-0.3, -0.25) is 4.79 Å². The summed E-state index contributed by atoms with van der Waals surface area (Å²) in [6.45, 7) is 8.45. The lowest BCUT2D eigenvalue weighted by Crippen LogP contribution is -2.37. The Bertz CT molecular complexity index is 1280. The second kappa shape index (κ2) is 10.5. The molecule has 10 nitrogen and oxygen atoms in total. The summed E-state index contributed by atoms with van der Waals surface area (Å²) in [5, 5.41) is 6.70. The summed E-state index contributed by atoms with van der Waals surface area (Å²) in [4.78, 5) is 19.5. The van der Waals surface area contributed by atoms with Crippen molar-refractivity contribution in [1.29, 1.82) is 0 Å². The van der Waals surface area contributed by atoms with E-state index in [1.165, 1.54) is 10.4 Å². The molecule has 1 saturated heterocycles. The van der Waals surface area contributed by atoms with Crippen molar-refractivity contribution in [1.82, 2.24) is 14.4 Å². The number of rotatable bonds is 8. The van der Waals surface area contributed by atoms with Gasteiger partial charge in [-0.2, -0.15) is 9.29 Å². The smallest absolute Gasteiger partial charge is 0.257 e. The van der Waals surface area contributed by atoms with Crippen LogP contribution in [0.1, 0.15) is 30.0 Å². The van der Waals surface area contributed by atoms with E-state index < -0.39 is 10.0 Å². The van der Waals surface area contributed by atoms with Gasteiger partial charge in [-0.15, -0.1) is 0 Å². The van der Waals surface area contributed by atoms with Gasteiger partial charge in [0.05, 0.1) is 29.5 Å². The van der Waals surface area contributed by atoms with Gasteiger partial charge in [0.2, 0.25) is 10.0 Å². The molecular formula is C24H29N5O5S. The molecule has 0 aliphatic carbocycles. The van der Waals surface area contributed by atoms with Gasteiger partial charge in [0.15, 0.2) is 5.82 Å². The van der Waals surface area contributed by atoms with E-state index in [1.54, 1.807) is 57.2 Å². The fraction of sp³-hybridized carbons (Fsp3) is 0.375. The molecule has 1 aliphatic heterocycles. The fourth-order valence-electron chi connectivity index (χ4n) is 3.94. The van der Waals surface area contributed by atoms with Crippen molar-refractivity contribution in [3.05, 3.63) is 53.9 Å². The van der Waals surface area contributed by atoms with Gasteiger partial charge in [-0.25, -0.2) is 8.42 Å². The molecule has 1 aromatic heterocycles. The van der Waals surface area contributed by atoms with Gasteiger partial charge in [0.25, 0.3) is 11.8 Å². The van der Waals surface area contributed by atoms with Crippen LogP contribution >= 0.6 is 0 Å². The van der Waals surface area contributed by atoms with Crippen LogP contribution < -0.4 is 10.2 Å². The van der Waals surface area contributed by atoms with E-state index in [0.29, 0.717) is 67.9 Å². The molecule has 3 aromatic rings. The van der Waals surface area contributed by atoms with Crippen molar-refractivity contribution in [3.8, 4) is 11.5 Å². The van der Waals surface area contributed by atoms with Crippen LogP contribution in [0.2, 0.25) is 0 Å². The van der Waals surface area contributed by atoms with Gasteiger partial charge >= 0.3 is 0 Å². The predicted octanol–water partition coefficient (Wildman–Crippen LogP) is 3.16. The molecule has 35 heavy (non-hydrogen) atoms. The van der Waals surface area contributed by atoms with Crippen LogP contribution in [0.5, 0.6) is 0 Å². The first kappa shape index (κ1) is 24.8. The van der Waals surface area contributed by atoms with E-state index in [2.05, 4.69) is 20.4 Å². The van der Waals surface area contributed by atoms with Crippen molar-refractivity contribution in [2.45, 2.75) is 25.7 Å². The fourth-order valence-corrected chi connectivity index (χ4v) is 5.43. The summed E-state index contributed by atoms with van der Waals surface area (Å²) in [5.41, 5.74) is 2.29. The van der Waals surface area contributed by atoms with Crippen LogP contribution in [0.25, 0.3) is 11.5 Å². The zero-order chi connectivity index (χ0) is 25.0. The summed E-state index contributed by atoms with van der Waals surface area (Å²) in [6.07, 6.45) is 0. The number of carbonyl (C=O) groups is 1. The minimum atomic E-state index is -3.69. The standard InChI is InChI=1S/C24H29N5O5S/c1-4-29(5-2)35(31,32)20-10-11-22(28-12-14-33-15-13-28)21(16-20)26-23(30)18-6-8-19(9-7-18)24-25-17(3)27-34-24/h6-11,16H,4-5,12-15H2,1-3H3,(H,26,30). The third kappa shape index (κ3) is 5.37. The highest BCUT2D eigenvalue weighted by Gasteiger charge is 2.25. The molecule has 0 atom stereocenters. The Balaban J connectivity index is 1.64. The number of aromatic nitrogens is 2. The van der Waals surface area contributed by atoms with Gasteiger partial charge in [-0.05, 0) is 49.4 Å². The van der Waals surface area contributed by atoms with Crippen LogP contribution in [0.15, 0.2) is 51.9 Å². The minimum absolute atomic E-state index is 0.135. The van der Waals surface area contributed by atoms with Crippen LogP contribution in [-0.2, 0) is 14.8 Å². The number of sulfonamides is 1. The van der Waals surface area contributed by atoms with E-state index in [0.717, 1.165) is 5.69 Å². The highest BCUT2D eigenvalue weighted by molar-refractivity contribution is 7.89. The number of morpholine rings is 1. The molecule has 2 heterocycles. The minimum Gasteiger partial charge on any atom is -0.378 e. The molecule has 0 spiro atoms. The van der Waals surface area contributed by atoms with Gasteiger partial charge < -0.3 is 19.5 Å². The molecule has 1 fully saturated rings. The molecule has 0 bridgehead atoms. The van der Waals surface area contributed by atoms with E-state index in [-0.39, 0.29) is 10.8 Å². The van der Waals surface area contributed by atoms with Crippen LogP contribution in [0, 0.1) is 6.92 Å². The van der Waals surface area contributed by atoms with Crippen LogP contribution in [0.4, 0.5) is 11.4 Å². The number of benzene rings is 2. The number of aryl methyl sites for hydroxylation is 1. The Kier molecular flexibility index (Phi) is 7.48. The lowest BCUT2D eigenvalue weighted by atomic mass is 10.1. The highest BCUT2D eigenvalue weighted by Crippen LogP contribution is 2.31. The number of ether oxygens (including phenoxy) is 1. The molecule has 1 N–H and O–H groups in total. The Morgan fingerprint density at radius 3 is 2.37 bits per heavy atom. The maximum absolute atomic E-state index is 13.1. The summed E-state index contributed by atoms with van der Waals surface area (Å²) >= 11 is 0. The van der Waals surface area contributed by atoms with E-state index >= 15 is 0 Å². The largest absolute Gasteiger partial charge is 0.378 e. The lowest BCUT2D eigenvalue weighted by Gasteiger charge is -2.31. The molecule has 2 aromatic carbocycles. The van der Waals surface area contributed by atoms with Crippen molar-refractivity contribution in [2.24, 2.45) is 0 Å². The molecule has 1 aliphatic rings. The Morgan fingerprint density at radius 1 is 1.09 bits per heavy atom. The first-order chi connectivity index (χ1) is 16.8. The van der Waals surface area contributed by atoms with Gasteiger partial charge in [0, 0.05) is 37.3 Å². The van der Waals surface area contributed by atoms with Crippen molar-refractivity contribution in [2.75, 3.05) is 49.6 Å². The number of nitrogens with zero attached hydrogens (tertiary/aromatic N) is 4. The maximum atomic E-state index is 13.1. The van der Waals surface area contributed by atoms with E-state index in [1.807, 2.05) is 0 Å². The zero-order valence-electron chi connectivity index (χ0n) is 20.0. The van der Waals surface area contributed by atoms with E-state index in [9.17, 15) is 13.2 Å². The average Bonchev–Trinajstić information content (AvgIpc) is 3.31. The molecule has 1 amide bonds. The van der Waals surface area contributed by atoms with Crippen LogP contribution in [-0.4, -0.2) is 68.2 Å². The Labute approximate surface area is 204 Å². The highest BCUT2D eigenvalue weighted by atomic mass is 32.2. The first-order valence-electron chi connectivity index (χ1n) is 11.5. The predicted molar refractivity (Wildman–Crippen MR) is 132 cm³/mol. The summed E-state index contributed by atoms with van der Waals surface area (Å²) in [6, 6.07) is 11.7. The average molecular weight is 500 g/mol. The third-order valence-corrected chi connectivity index (χ3v) is 7.88. The van der Waals surface area contributed by atoms with Crippen LogP contribution in [0.3, 0.4) is 0 Å². The quantitative estimate of drug-likeness (QED) is 0.502. The first-order valence-corrected chi connectivity index (χ1v) is 13.0. The summed E-state index contributed by atoms with van der Waals surface area (Å²) in [5.74, 6) is 0.542. The number of carbonyl (C=O) groups excluding carboxylic acids is 1. The second-order valence-electron chi connectivity index (χ2n) is 8.05. The topological polar surface area (TPSA) is 118 Å². The number of hydrogen-bond donors (Lipinski definition) is 1. The maximum Gasteiger partial charge on any atom is 0.257 e. The van der Waals surface area contributed by atoms with Gasteiger partial charge in [-0.1, -0.05) is 19.0 Å². The Hall–Kier alpha value is -3.28. The SMILES string of the molecule is CCN(CC)S(=O)(=O)c1ccc(N2CCOCC2)c(NC(=O)c2ccc(-c3nc(C)no3)cc2)c1. The van der Waals surface area contributed by atoms with Gasteiger partial charge in [0.1, 0.15) is 0 Å². The second-order valence-corrected chi connectivity index (χ2v) is 9.98. The normalized spacial score (nSPS) is 14.3. The Morgan fingerprint density at radius 2 is 1.77 bits per heavy atom. The van der Waals surface area contributed by atoms with Crippen molar-refractivity contribution in [3.63, 3.8) is 0 Å². The molecule has 4 rings (SSSR count). The third-order valence-electron chi connectivity index (χ3n) is 5.83. The number of anilines is 2. The van der Waals surface area contributed by atoms with Crippen molar-refractivity contribution >= 4 is 27.3 Å². The molecule has 0 unspecified atom stereocenters. The van der Waals surface area contributed by atoms with Crippen molar-refractivity contribution < 1.29 is 22.5 Å². The molecule has 186 valence electrons. The monoisotopic (exact) mass is 499 g/mol. The lowest BCUT2D eigenvalue weighted by molar-refractivity contribution is 0.102. The molecule has 0 saturated carbocycles. The zero-order valence-corrected chi connectivity index (χ0v) is 20.8. The number of nitrogens with one attached hydrogen (secondary N) is 1. The number of hydrogen-bond acceptors (Lipinski definition) is 8.